The zero-order chi connectivity index (χ0) is 27.4. The topological polar surface area (TPSA) is 95.6 Å². The lowest BCUT2D eigenvalue weighted by Gasteiger charge is -2.29. The van der Waals surface area contributed by atoms with E-state index < -0.39 is 71.3 Å². The van der Waals surface area contributed by atoms with Crippen LogP contribution in [0.1, 0.15) is 45.4 Å². The highest BCUT2D eigenvalue weighted by molar-refractivity contribution is 6.30. The van der Waals surface area contributed by atoms with Gasteiger partial charge in [-0.2, -0.15) is 8.78 Å². The van der Waals surface area contributed by atoms with Gasteiger partial charge in [0.25, 0.3) is 11.8 Å². The maximum Gasteiger partial charge on any atom is 0.349 e. The predicted octanol–water partition coefficient (Wildman–Crippen LogP) is 2.51. The van der Waals surface area contributed by atoms with Gasteiger partial charge in [0.2, 0.25) is 11.8 Å². The number of carbonyl (C=O) groups excluding carboxylic acids is 4. The molecule has 0 radical (unpaired) electrons. The van der Waals surface area contributed by atoms with Gasteiger partial charge in [-0.1, -0.05) is 35.9 Å². The molecule has 0 spiro atoms. The van der Waals surface area contributed by atoms with Crippen molar-refractivity contribution in [1.29, 1.82) is 0 Å². The summed E-state index contributed by atoms with van der Waals surface area (Å²) in [5.41, 5.74) is -1.98. The summed E-state index contributed by atoms with van der Waals surface area (Å²) in [7, 11) is 0. The minimum atomic E-state index is -4.20. The molecule has 10 heteroatoms. The first-order valence-corrected chi connectivity index (χ1v) is 9.76. The molecule has 32 heavy (non-hydrogen) atoms. The van der Waals surface area contributed by atoms with Crippen LogP contribution >= 0.6 is 11.6 Å². The molecule has 0 bridgehead atoms. The second kappa shape index (κ2) is 8.31. The number of fused-ring (bicyclic) bond motifs is 1. The summed E-state index contributed by atoms with van der Waals surface area (Å²) in [5.74, 6) is -8.72. The lowest BCUT2D eigenvalue weighted by molar-refractivity contribution is -0.147. The summed E-state index contributed by atoms with van der Waals surface area (Å²) in [6.45, 7) is -4.79. The van der Waals surface area contributed by atoms with Gasteiger partial charge in [-0.25, -0.2) is 0 Å². The van der Waals surface area contributed by atoms with Crippen molar-refractivity contribution in [2.75, 3.05) is 0 Å². The van der Waals surface area contributed by atoms with Crippen molar-refractivity contribution in [3.8, 4) is 0 Å². The third-order valence-electron chi connectivity index (χ3n) is 4.97. The van der Waals surface area contributed by atoms with Crippen LogP contribution in [0, 0.1) is 0 Å². The highest BCUT2D eigenvalue weighted by Crippen LogP contribution is 2.30. The van der Waals surface area contributed by atoms with Crippen LogP contribution in [0.3, 0.4) is 0 Å². The van der Waals surface area contributed by atoms with Crippen molar-refractivity contribution >= 4 is 35.2 Å². The van der Waals surface area contributed by atoms with E-state index in [4.69, 9.17) is 18.5 Å². The fourth-order valence-corrected chi connectivity index (χ4v) is 3.43. The van der Waals surface area contributed by atoms with Gasteiger partial charge in [-0.05, 0) is 35.7 Å². The van der Waals surface area contributed by atoms with Crippen LogP contribution in [0.4, 0.5) is 8.78 Å². The molecule has 1 saturated heterocycles. The second-order valence-corrected chi connectivity index (χ2v) is 7.56. The molecule has 2 aliphatic heterocycles. The van der Waals surface area contributed by atoms with E-state index in [1.165, 1.54) is 0 Å². The number of nitrogens with zero attached hydrogens (tertiary/aromatic N) is 1. The minimum absolute atomic E-state index is 0.141. The highest BCUT2D eigenvalue weighted by Gasteiger charge is 2.41. The van der Waals surface area contributed by atoms with E-state index in [0.29, 0.717) is 4.90 Å². The van der Waals surface area contributed by atoms with Gasteiger partial charge in [0.1, 0.15) is 6.04 Å². The Balaban J connectivity index is 1.66. The molecule has 7 nitrogen and oxygen atoms in total. The quantitative estimate of drug-likeness (QED) is 0.662. The molecule has 2 aliphatic rings. The first kappa shape index (κ1) is 16.3. The van der Waals surface area contributed by atoms with Gasteiger partial charge in [0.05, 0.1) is 5.48 Å². The van der Waals surface area contributed by atoms with Gasteiger partial charge < -0.3 is 10.2 Å². The summed E-state index contributed by atoms with van der Waals surface area (Å²) in [5, 5.41) is 1.87. The molecule has 2 heterocycles. The zero-order valence-corrected chi connectivity index (χ0v) is 17.0. The third-order valence-corrected chi connectivity index (χ3v) is 5.22. The Morgan fingerprint density at radius 3 is 2.75 bits per heavy atom. The van der Waals surface area contributed by atoms with Gasteiger partial charge >= 0.3 is 5.92 Å². The Morgan fingerprint density at radius 1 is 1.34 bits per heavy atom. The molecule has 4 rings (SSSR count). The first-order chi connectivity index (χ1) is 17.2. The fourth-order valence-electron chi connectivity index (χ4n) is 3.30. The van der Waals surface area contributed by atoms with E-state index in [-0.39, 0.29) is 28.7 Å². The minimum Gasteiger partial charge on any atom is -0.346 e. The van der Waals surface area contributed by atoms with Crippen molar-refractivity contribution in [1.82, 2.24) is 15.5 Å². The normalized spacial score (nSPS) is 23.2. The number of benzene rings is 2. The van der Waals surface area contributed by atoms with Crippen LogP contribution in [0.2, 0.25) is 6.43 Å². The van der Waals surface area contributed by atoms with E-state index in [0.717, 1.165) is 36.4 Å². The molecular formula is C22H18ClF2N3O4. The van der Waals surface area contributed by atoms with Gasteiger partial charge in [0.15, 0.2) is 1.41 Å². The van der Waals surface area contributed by atoms with Crippen molar-refractivity contribution in [3.63, 3.8) is 0 Å². The number of carbonyl (C=O) groups is 4. The molecule has 0 aliphatic carbocycles. The number of hydrogen-bond donors (Lipinski definition) is 2. The first-order valence-electron chi connectivity index (χ1n) is 11.9. The number of nitrogens with one attached hydrogen (secondary N) is 2. The predicted molar refractivity (Wildman–Crippen MR) is 110 cm³/mol. The number of rotatable bonds is 5. The molecule has 0 aromatic heterocycles. The Bertz CT molecular complexity index is 1330. The molecule has 2 aromatic carbocycles. The molecule has 0 saturated carbocycles. The van der Waals surface area contributed by atoms with E-state index >= 15 is 0 Å². The number of halogens is 3. The van der Waals surface area contributed by atoms with E-state index in [2.05, 4.69) is 0 Å². The van der Waals surface area contributed by atoms with Gasteiger partial charge in [-0.15, -0.1) is 0 Å². The molecule has 2 unspecified atom stereocenters. The van der Waals surface area contributed by atoms with Crippen LogP contribution in [0.5, 0.6) is 0 Å². The second-order valence-electron chi connectivity index (χ2n) is 7.12. The Morgan fingerprint density at radius 2 is 2.06 bits per heavy atom. The van der Waals surface area contributed by atoms with Crippen LogP contribution in [-0.2, 0) is 33.3 Å². The lowest BCUT2D eigenvalue weighted by atomic mass is 10.0. The summed E-state index contributed by atoms with van der Waals surface area (Å²) in [4.78, 5) is 49.9. The largest absolute Gasteiger partial charge is 0.349 e. The maximum atomic E-state index is 14.8. The number of alkyl halides is 2. The monoisotopic (exact) mass is 466 g/mol. The third kappa shape index (κ3) is 4.08. The molecule has 4 amide bonds. The molecule has 2 N–H and O–H groups in total. The van der Waals surface area contributed by atoms with Crippen LogP contribution in [0.15, 0.2) is 42.4 Å². The van der Waals surface area contributed by atoms with Crippen LogP contribution in [-0.4, -0.2) is 34.6 Å². The Labute approximate surface area is 193 Å². The number of hydrogen-bond acceptors (Lipinski definition) is 4. The average molecular weight is 467 g/mol. The number of imide groups is 1. The smallest absolute Gasteiger partial charge is 0.346 e. The Hall–Kier alpha value is -3.33. The molecule has 2 aromatic rings. The fraction of sp³-hybridized carbons (Fsp3) is 0.273. The SMILES string of the molecule is [2H]c1cc(C([2H])N([2H])C(=O)C(F)(F)c2ccc(Cl)cc2)cc2c1C(=O)N(C1CCC(=O)NC1=O)C2([2H])[2H]. The lowest BCUT2D eigenvalue weighted by Crippen LogP contribution is -2.52. The van der Waals surface area contributed by atoms with Crippen molar-refractivity contribution in [2.45, 2.75) is 37.8 Å². The summed E-state index contributed by atoms with van der Waals surface area (Å²) >= 11 is 5.68. The van der Waals surface area contributed by atoms with Crippen molar-refractivity contribution in [3.05, 3.63) is 69.7 Å². The molecule has 166 valence electrons. The van der Waals surface area contributed by atoms with Gasteiger partial charge in [0, 0.05) is 35.6 Å². The number of amides is 4. The van der Waals surface area contributed by atoms with Gasteiger partial charge in [-0.3, -0.25) is 24.5 Å². The van der Waals surface area contributed by atoms with E-state index in [1.54, 1.807) is 0 Å². The van der Waals surface area contributed by atoms with E-state index in [9.17, 15) is 28.0 Å². The standard InChI is InChI=1S/C22H18ClF2N3O4/c23-15-4-2-14(3-5-15)22(24,25)21(32)26-10-12-1-6-16-13(9-12)11-28(20(16)31)17-7-8-18(29)27-19(17)30/h1-6,9,17H,7-8,10-11H2,(H,26,32)(H,27,29,30)/i6D,10D,11D2/hD. The Kier molecular flexibility index (Phi) is 4.24. The van der Waals surface area contributed by atoms with Crippen LogP contribution in [0.25, 0.3) is 0 Å². The summed E-state index contributed by atoms with van der Waals surface area (Å²) in [6, 6.07) is 3.95. The van der Waals surface area contributed by atoms with Crippen molar-refractivity contribution < 1.29 is 34.9 Å². The highest BCUT2D eigenvalue weighted by atomic mass is 35.5. The summed E-state index contributed by atoms with van der Waals surface area (Å²) in [6.07, 6.45) is -0.294. The van der Waals surface area contributed by atoms with Crippen molar-refractivity contribution in [2.24, 2.45) is 0 Å². The zero-order valence-electron chi connectivity index (χ0n) is 21.2. The molecular weight excluding hydrogens is 444 g/mol. The maximum absolute atomic E-state index is 14.8. The number of piperidine rings is 1. The summed E-state index contributed by atoms with van der Waals surface area (Å²) < 4.78 is 70.8. The van der Waals surface area contributed by atoms with Crippen LogP contribution < -0.4 is 10.6 Å². The average Bonchev–Trinajstić information content (AvgIpc) is 3.03. The van der Waals surface area contributed by atoms with E-state index in [1.807, 2.05) is 5.32 Å². The molecule has 1 fully saturated rings. The molecule has 2 atom stereocenters.